The first-order valence-corrected chi connectivity index (χ1v) is 7.48. The average Bonchev–Trinajstić information content (AvgIpc) is 2.82. The van der Waals surface area contributed by atoms with Crippen LogP contribution in [0.4, 0.5) is 0 Å². The molecule has 1 aliphatic heterocycles. The highest BCUT2D eigenvalue weighted by Crippen LogP contribution is 2.27. The first kappa shape index (κ1) is 14.8. The molecule has 1 saturated heterocycles. The molecule has 2 aromatic heterocycles. The fourth-order valence-electron chi connectivity index (χ4n) is 2.79. The highest BCUT2D eigenvalue weighted by Gasteiger charge is 2.19. The maximum absolute atomic E-state index is 12.2. The van der Waals surface area contributed by atoms with E-state index < -0.39 is 0 Å². The molecule has 0 aromatic carbocycles. The van der Waals surface area contributed by atoms with Crippen LogP contribution in [0.1, 0.15) is 11.3 Å². The van der Waals surface area contributed by atoms with Gasteiger partial charge in [0.05, 0.1) is 5.39 Å². The molecule has 118 valence electrons. The quantitative estimate of drug-likeness (QED) is 0.888. The van der Waals surface area contributed by atoms with Gasteiger partial charge in [0.2, 0.25) is 5.88 Å². The Kier molecular flexibility index (Phi) is 3.98. The van der Waals surface area contributed by atoms with Crippen molar-refractivity contribution < 1.29 is 9.53 Å². The van der Waals surface area contributed by atoms with Gasteiger partial charge in [-0.1, -0.05) is 0 Å². The predicted octanol–water partition coefficient (Wildman–Crippen LogP) is 0.396. The van der Waals surface area contributed by atoms with Gasteiger partial charge in [-0.3, -0.25) is 4.79 Å². The molecular weight excluding hydrogens is 282 g/mol. The van der Waals surface area contributed by atoms with Gasteiger partial charge >= 0.3 is 0 Å². The highest BCUT2D eigenvalue weighted by atomic mass is 16.5. The van der Waals surface area contributed by atoms with Crippen LogP contribution in [0.2, 0.25) is 0 Å². The minimum absolute atomic E-state index is 0.00183. The summed E-state index contributed by atoms with van der Waals surface area (Å²) in [6.45, 7) is 7.09. The average molecular weight is 303 g/mol. The van der Waals surface area contributed by atoms with Gasteiger partial charge in [-0.25, -0.2) is 9.67 Å². The molecular formula is C15H21N5O2. The number of pyridine rings is 1. The molecule has 1 N–H and O–H groups in total. The number of nitrogens with one attached hydrogen (secondary N) is 1. The van der Waals surface area contributed by atoms with Crippen LogP contribution in [0.3, 0.4) is 0 Å². The molecule has 7 heteroatoms. The fraction of sp³-hybridized carbons (Fsp3) is 0.533. The third-order valence-electron chi connectivity index (χ3n) is 3.89. The second-order valence-electron chi connectivity index (χ2n) is 5.63. The zero-order chi connectivity index (χ0) is 15.7. The fourth-order valence-corrected chi connectivity index (χ4v) is 2.79. The summed E-state index contributed by atoms with van der Waals surface area (Å²) < 4.78 is 7.39. The Morgan fingerprint density at radius 1 is 1.36 bits per heavy atom. The SMILES string of the molecule is Cc1cc(C)c2c(OCC(=O)N3CCNCC3)nn(C)c2n1. The summed E-state index contributed by atoms with van der Waals surface area (Å²) in [7, 11) is 1.83. The molecule has 2 aromatic rings. The third-order valence-corrected chi connectivity index (χ3v) is 3.89. The number of carbonyl (C=O) groups is 1. The number of piperazine rings is 1. The molecule has 3 rings (SSSR count). The lowest BCUT2D eigenvalue weighted by molar-refractivity contribution is -0.133. The van der Waals surface area contributed by atoms with Gasteiger partial charge in [0.1, 0.15) is 0 Å². The Hall–Kier alpha value is -2.15. The number of aromatic nitrogens is 3. The van der Waals surface area contributed by atoms with E-state index in [-0.39, 0.29) is 12.5 Å². The number of amides is 1. The number of rotatable bonds is 3. The summed E-state index contributed by atoms with van der Waals surface area (Å²) in [5, 5.41) is 8.46. The first-order chi connectivity index (χ1) is 10.6. The van der Waals surface area contributed by atoms with Crippen molar-refractivity contribution in [2.75, 3.05) is 32.8 Å². The maximum Gasteiger partial charge on any atom is 0.260 e. The monoisotopic (exact) mass is 303 g/mol. The summed E-state index contributed by atoms with van der Waals surface area (Å²) in [5.74, 6) is 0.476. The summed E-state index contributed by atoms with van der Waals surface area (Å²) >= 11 is 0. The minimum atomic E-state index is -0.00183. The molecule has 1 amide bonds. The van der Waals surface area contributed by atoms with Crippen LogP contribution in [0.15, 0.2) is 6.07 Å². The van der Waals surface area contributed by atoms with Crippen molar-refractivity contribution >= 4 is 16.9 Å². The van der Waals surface area contributed by atoms with E-state index >= 15 is 0 Å². The standard InChI is InChI=1S/C15H21N5O2/c1-10-8-11(2)17-14-13(10)15(18-19(14)3)22-9-12(21)20-6-4-16-5-7-20/h8,16H,4-7,9H2,1-3H3. The van der Waals surface area contributed by atoms with Crippen LogP contribution in [0, 0.1) is 13.8 Å². The summed E-state index contributed by atoms with van der Waals surface area (Å²) in [6.07, 6.45) is 0. The van der Waals surface area contributed by atoms with Gasteiger partial charge in [-0.05, 0) is 25.5 Å². The van der Waals surface area contributed by atoms with E-state index in [1.54, 1.807) is 4.68 Å². The van der Waals surface area contributed by atoms with E-state index in [2.05, 4.69) is 15.4 Å². The number of aryl methyl sites for hydroxylation is 3. The van der Waals surface area contributed by atoms with E-state index in [0.717, 1.165) is 48.5 Å². The van der Waals surface area contributed by atoms with Crippen molar-refractivity contribution in [3.05, 3.63) is 17.3 Å². The zero-order valence-electron chi connectivity index (χ0n) is 13.2. The topological polar surface area (TPSA) is 72.3 Å². The molecule has 0 atom stereocenters. The summed E-state index contributed by atoms with van der Waals surface area (Å²) in [6, 6.07) is 2.00. The number of carbonyl (C=O) groups excluding carboxylic acids is 1. The third kappa shape index (κ3) is 2.76. The molecule has 0 spiro atoms. The second kappa shape index (κ2) is 5.92. The Labute approximate surface area is 129 Å². The van der Waals surface area contributed by atoms with Crippen molar-refractivity contribution in [2.24, 2.45) is 7.05 Å². The molecule has 0 bridgehead atoms. The first-order valence-electron chi connectivity index (χ1n) is 7.48. The molecule has 0 unspecified atom stereocenters. The van der Waals surface area contributed by atoms with Crippen LogP contribution in [0.25, 0.3) is 11.0 Å². The molecule has 0 aliphatic carbocycles. The summed E-state index contributed by atoms with van der Waals surface area (Å²) in [4.78, 5) is 18.5. The van der Waals surface area contributed by atoms with Gasteiger partial charge in [0, 0.05) is 38.9 Å². The number of ether oxygens (including phenoxy) is 1. The van der Waals surface area contributed by atoms with Crippen molar-refractivity contribution in [3.63, 3.8) is 0 Å². The van der Waals surface area contributed by atoms with E-state index in [1.165, 1.54) is 0 Å². The van der Waals surface area contributed by atoms with Crippen molar-refractivity contribution in [3.8, 4) is 5.88 Å². The summed E-state index contributed by atoms with van der Waals surface area (Å²) in [5.41, 5.74) is 2.78. The van der Waals surface area contributed by atoms with Gasteiger partial charge in [-0.2, -0.15) is 0 Å². The van der Waals surface area contributed by atoms with Crippen LogP contribution < -0.4 is 10.1 Å². The zero-order valence-corrected chi connectivity index (χ0v) is 13.2. The number of hydrogen-bond acceptors (Lipinski definition) is 5. The molecule has 0 saturated carbocycles. The predicted molar refractivity (Wildman–Crippen MR) is 82.9 cm³/mol. The minimum Gasteiger partial charge on any atom is -0.466 e. The molecule has 1 aliphatic rings. The Morgan fingerprint density at radius 2 is 2.09 bits per heavy atom. The van der Waals surface area contributed by atoms with Crippen LogP contribution in [0.5, 0.6) is 5.88 Å². The van der Waals surface area contributed by atoms with E-state index in [9.17, 15) is 4.79 Å². The number of hydrogen-bond donors (Lipinski definition) is 1. The van der Waals surface area contributed by atoms with Crippen molar-refractivity contribution in [2.45, 2.75) is 13.8 Å². The molecule has 1 fully saturated rings. The lowest BCUT2D eigenvalue weighted by Crippen LogP contribution is -2.47. The lowest BCUT2D eigenvalue weighted by Gasteiger charge is -2.27. The van der Waals surface area contributed by atoms with Crippen LogP contribution in [-0.2, 0) is 11.8 Å². The Morgan fingerprint density at radius 3 is 2.82 bits per heavy atom. The molecule has 0 radical (unpaired) electrons. The highest BCUT2D eigenvalue weighted by molar-refractivity contribution is 5.85. The van der Waals surface area contributed by atoms with Gasteiger partial charge in [0.15, 0.2) is 12.3 Å². The Balaban J connectivity index is 1.78. The Bertz CT molecular complexity index is 704. The maximum atomic E-state index is 12.2. The van der Waals surface area contributed by atoms with Crippen LogP contribution in [-0.4, -0.2) is 58.4 Å². The van der Waals surface area contributed by atoms with E-state index in [1.807, 2.05) is 31.9 Å². The smallest absolute Gasteiger partial charge is 0.260 e. The van der Waals surface area contributed by atoms with E-state index in [4.69, 9.17) is 4.74 Å². The molecule has 7 nitrogen and oxygen atoms in total. The van der Waals surface area contributed by atoms with Crippen molar-refractivity contribution in [1.82, 2.24) is 25.0 Å². The lowest BCUT2D eigenvalue weighted by atomic mass is 10.2. The van der Waals surface area contributed by atoms with E-state index in [0.29, 0.717) is 5.88 Å². The van der Waals surface area contributed by atoms with Crippen LogP contribution >= 0.6 is 0 Å². The second-order valence-corrected chi connectivity index (χ2v) is 5.63. The molecule has 3 heterocycles. The largest absolute Gasteiger partial charge is 0.466 e. The number of nitrogens with zero attached hydrogens (tertiary/aromatic N) is 4. The van der Waals surface area contributed by atoms with Gasteiger partial charge < -0.3 is 15.0 Å². The molecule has 22 heavy (non-hydrogen) atoms. The van der Waals surface area contributed by atoms with Gasteiger partial charge in [0.25, 0.3) is 5.91 Å². The number of fused-ring (bicyclic) bond motifs is 1. The normalized spacial score (nSPS) is 15.3. The van der Waals surface area contributed by atoms with Gasteiger partial charge in [-0.15, -0.1) is 5.10 Å². The van der Waals surface area contributed by atoms with Crippen molar-refractivity contribution in [1.29, 1.82) is 0 Å².